The molecule has 2 aliphatic rings. The Morgan fingerprint density at radius 3 is 2.19 bits per heavy atom. The van der Waals surface area contributed by atoms with Gasteiger partial charge in [-0.25, -0.2) is 15.0 Å². The van der Waals surface area contributed by atoms with Crippen molar-refractivity contribution in [1.82, 2.24) is 19.9 Å². The standard InChI is InChI=1S/C28H30N6O2/c1-20(22-8-4-3-5-9-22)31-34(21(2)35)25-12-14-32(15-13-25)27-16-26(29-19-30-27)28(36)33-17-23-10-6-7-11-24(23)18-33/h3-11,16,19,25H,12-15,17-18H2,1-2H3/b31-20+. The molecule has 0 saturated carbocycles. The quantitative estimate of drug-likeness (QED) is 0.407. The van der Waals surface area contributed by atoms with Crippen LogP contribution in [0.2, 0.25) is 0 Å². The molecule has 1 aromatic heterocycles. The van der Waals surface area contributed by atoms with Gasteiger partial charge in [-0.05, 0) is 36.5 Å². The third kappa shape index (κ3) is 4.98. The van der Waals surface area contributed by atoms with Gasteiger partial charge in [0.25, 0.3) is 5.91 Å². The molecular formula is C28H30N6O2. The third-order valence-electron chi connectivity index (χ3n) is 6.91. The Hall–Kier alpha value is -4.07. The van der Waals surface area contributed by atoms with E-state index >= 15 is 0 Å². The molecule has 8 nitrogen and oxygen atoms in total. The van der Waals surface area contributed by atoms with Gasteiger partial charge in [-0.2, -0.15) is 5.10 Å². The number of carbonyl (C=O) groups excluding carboxylic acids is 2. The Bertz CT molecular complexity index is 1260. The van der Waals surface area contributed by atoms with E-state index in [0.717, 1.165) is 29.9 Å². The van der Waals surface area contributed by atoms with Crippen LogP contribution < -0.4 is 4.90 Å². The highest BCUT2D eigenvalue weighted by Gasteiger charge is 2.29. The lowest BCUT2D eigenvalue weighted by molar-refractivity contribution is -0.131. The molecule has 8 heteroatoms. The molecule has 2 aromatic carbocycles. The van der Waals surface area contributed by atoms with Gasteiger partial charge in [0.05, 0.1) is 11.8 Å². The van der Waals surface area contributed by atoms with E-state index in [2.05, 4.69) is 32.1 Å². The third-order valence-corrected chi connectivity index (χ3v) is 6.91. The molecule has 0 bridgehead atoms. The minimum atomic E-state index is -0.0850. The molecule has 3 aromatic rings. The summed E-state index contributed by atoms with van der Waals surface area (Å²) >= 11 is 0. The summed E-state index contributed by atoms with van der Waals surface area (Å²) in [5.41, 5.74) is 4.59. The lowest BCUT2D eigenvalue weighted by Gasteiger charge is -2.36. The summed E-state index contributed by atoms with van der Waals surface area (Å²) in [6.45, 7) is 6.13. The average molecular weight is 483 g/mol. The molecule has 2 amide bonds. The number of benzene rings is 2. The van der Waals surface area contributed by atoms with E-state index in [9.17, 15) is 9.59 Å². The van der Waals surface area contributed by atoms with Gasteiger partial charge in [-0.1, -0.05) is 54.6 Å². The topological polar surface area (TPSA) is 82.0 Å². The molecule has 2 aliphatic heterocycles. The fraction of sp³-hybridized carbons (Fsp3) is 0.321. The highest BCUT2D eigenvalue weighted by atomic mass is 16.2. The number of piperidine rings is 1. The number of anilines is 1. The van der Waals surface area contributed by atoms with Gasteiger partial charge in [0.1, 0.15) is 17.8 Å². The first-order valence-corrected chi connectivity index (χ1v) is 12.3. The Morgan fingerprint density at radius 1 is 0.917 bits per heavy atom. The number of rotatable bonds is 5. The number of fused-ring (bicyclic) bond motifs is 1. The van der Waals surface area contributed by atoms with Gasteiger partial charge in [-0.15, -0.1) is 0 Å². The van der Waals surface area contributed by atoms with Crippen molar-refractivity contribution < 1.29 is 9.59 Å². The molecule has 36 heavy (non-hydrogen) atoms. The number of aromatic nitrogens is 2. The van der Waals surface area contributed by atoms with Crippen LogP contribution in [0.25, 0.3) is 0 Å². The summed E-state index contributed by atoms with van der Waals surface area (Å²) in [5, 5.41) is 6.30. The maximum atomic E-state index is 13.1. The monoisotopic (exact) mass is 482 g/mol. The maximum Gasteiger partial charge on any atom is 0.273 e. The van der Waals surface area contributed by atoms with Crippen molar-refractivity contribution in [2.45, 2.75) is 45.8 Å². The molecule has 0 aliphatic carbocycles. The van der Waals surface area contributed by atoms with Crippen molar-refractivity contribution in [3.63, 3.8) is 0 Å². The second-order valence-electron chi connectivity index (χ2n) is 9.32. The van der Waals surface area contributed by atoms with Crippen molar-refractivity contribution in [2.75, 3.05) is 18.0 Å². The van der Waals surface area contributed by atoms with Crippen LogP contribution in [0.4, 0.5) is 5.82 Å². The number of hydrogen-bond donors (Lipinski definition) is 0. The zero-order chi connectivity index (χ0) is 25.1. The molecule has 1 saturated heterocycles. The Balaban J connectivity index is 1.24. The van der Waals surface area contributed by atoms with Gasteiger partial charge in [0.15, 0.2) is 0 Å². The van der Waals surface area contributed by atoms with Crippen LogP contribution in [0.1, 0.15) is 53.9 Å². The molecule has 0 unspecified atom stereocenters. The summed E-state index contributed by atoms with van der Waals surface area (Å²) < 4.78 is 0. The van der Waals surface area contributed by atoms with E-state index in [4.69, 9.17) is 0 Å². The fourth-order valence-corrected chi connectivity index (χ4v) is 4.92. The first kappa shape index (κ1) is 23.7. The summed E-state index contributed by atoms with van der Waals surface area (Å²) in [6, 6.07) is 19.8. The zero-order valence-electron chi connectivity index (χ0n) is 20.7. The van der Waals surface area contributed by atoms with E-state index in [0.29, 0.717) is 31.9 Å². The lowest BCUT2D eigenvalue weighted by Crippen LogP contribution is -2.45. The van der Waals surface area contributed by atoms with Crippen LogP contribution in [0, 0.1) is 0 Å². The zero-order valence-corrected chi connectivity index (χ0v) is 20.7. The first-order chi connectivity index (χ1) is 17.5. The summed E-state index contributed by atoms with van der Waals surface area (Å²) in [4.78, 5) is 38.3. The predicted octanol–water partition coefficient (Wildman–Crippen LogP) is 3.87. The SMILES string of the molecule is CC(=O)N(/N=C(\C)c1ccccc1)C1CCN(c2cc(C(=O)N3Cc4ccccc4C3)ncn2)CC1. The predicted molar refractivity (Wildman–Crippen MR) is 138 cm³/mol. The summed E-state index contributed by atoms with van der Waals surface area (Å²) in [7, 11) is 0. The number of carbonyl (C=O) groups is 2. The first-order valence-electron chi connectivity index (χ1n) is 12.3. The Labute approximate surface area is 211 Å². The van der Waals surface area contributed by atoms with Crippen LogP contribution in [-0.4, -0.2) is 56.5 Å². The molecule has 0 atom stereocenters. The van der Waals surface area contributed by atoms with Gasteiger partial charge < -0.3 is 9.80 Å². The molecule has 5 rings (SSSR count). The van der Waals surface area contributed by atoms with Crippen LogP contribution in [-0.2, 0) is 17.9 Å². The minimum absolute atomic E-state index is 0.0171. The highest BCUT2D eigenvalue weighted by molar-refractivity contribution is 5.99. The number of amides is 2. The Morgan fingerprint density at radius 2 is 1.56 bits per heavy atom. The average Bonchev–Trinajstić information content (AvgIpc) is 3.36. The second-order valence-corrected chi connectivity index (χ2v) is 9.32. The van der Waals surface area contributed by atoms with E-state index in [-0.39, 0.29) is 17.9 Å². The van der Waals surface area contributed by atoms with E-state index in [1.54, 1.807) is 18.0 Å². The van der Waals surface area contributed by atoms with Crippen LogP contribution in [0.5, 0.6) is 0 Å². The molecule has 3 heterocycles. The van der Waals surface area contributed by atoms with Crippen molar-refractivity contribution >= 4 is 23.3 Å². The van der Waals surface area contributed by atoms with Crippen molar-refractivity contribution in [3.05, 3.63) is 89.4 Å². The van der Waals surface area contributed by atoms with E-state index < -0.39 is 0 Å². The molecule has 0 radical (unpaired) electrons. The maximum absolute atomic E-state index is 13.1. The second kappa shape index (κ2) is 10.3. The van der Waals surface area contributed by atoms with Crippen LogP contribution in [0.3, 0.4) is 0 Å². The highest BCUT2D eigenvalue weighted by Crippen LogP contribution is 2.26. The summed E-state index contributed by atoms with van der Waals surface area (Å²) in [5.74, 6) is 0.588. The van der Waals surface area contributed by atoms with Gasteiger partial charge in [0.2, 0.25) is 5.91 Å². The number of hydrogen-bond acceptors (Lipinski definition) is 6. The van der Waals surface area contributed by atoms with Crippen molar-refractivity contribution in [3.8, 4) is 0 Å². The Kier molecular flexibility index (Phi) is 6.75. The smallest absolute Gasteiger partial charge is 0.273 e. The lowest BCUT2D eigenvalue weighted by atomic mass is 10.0. The normalized spacial score (nSPS) is 16.1. The van der Waals surface area contributed by atoms with Gasteiger partial charge in [0, 0.05) is 39.2 Å². The largest absolute Gasteiger partial charge is 0.356 e. The number of nitrogens with zero attached hydrogens (tertiary/aromatic N) is 6. The summed E-state index contributed by atoms with van der Waals surface area (Å²) in [6.07, 6.45) is 2.99. The van der Waals surface area contributed by atoms with E-state index in [1.807, 2.05) is 54.3 Å². The molecule has 0 N–H and O–H groups in total. The molecule has 0 spiro atoms. The molecule has 184 valence electrons. The molecule has 1 fully saturated rings. The number of hydrazone groups is 1. The van der Waals surface area contributed by atoms with Gasteiger partial charge >= 0.3 is 0 Å². The van der Waals surface area contributed by atoms with Crippen LogP contribution in [0.15, 0.2) is 72.1 Å². The van der Waals surface area contributed by atoms with Gasteiger partial charge in [-0.3, -0.25) is 9.59 Å². The fourth-order valence-electron chi connectivity index (χ4n) is 4.92. The molecular weight excluding hydrogens is 452 g/mol. The van der Waals surface area contributed by atoms with Crippen molar-refractivity contribution in [1.29, 1.82) is 0 Å². The van der Waals surface area contributed by atoms with Crippen molar-refractivity contribution in [2.24, 2.45) is 5.10 Å². The van der Waals surface area contributed by atoms with Crippen LogP contribution >= 0.6 is 0 Å². The van der Waals surface area contributed by atoms with E-state index in [1.165, 1.54) is 17.5 Å². The minimum Gasteiger partial charge on any atom is -0.356 e.